The first-order valence-electron chi connectivity index (χ1n) is 10.7. The Hall–Kier alpha value is -3.48. The normalized spacial score (nSPS) is 22.4. The van der Waals surface area contributed by atoms with Crippen molar-refractivity contribution < 1.29 is 28.7 Å². The number of hydrogen-bond donors (Lipinski definition) is 0. The van der Waals surface area contributed by atoms with E-state index in [4.69, 9.17) is 9.47 Å². The van der Waals surface area contributed by atoms with Crippen molar-refractivity contribution in [2.75, 3.05) is 18.6 Å². The van der Waals surface area contributed by atoms with Crippen molar-refractivity contribution in [1.29, 1.82) is 0 Å². The number of carbonyl (C=O) groups excluding carboxylic acids is 4. The molecule has 1 saturated heterocycles. The second kappa shape index (κ2) is 8.94. The van der Waals surface area contributed by atoms with E-state index in [9.17, 15) is 19.2 Å². The molecule has 0 unspecified atom stereocenters. The lowest BCUT2D eigenvalue weighted by Gasteiger charge is -2.25. The molecule has 7 heteroatoms. The Morgan fingerprint density at radius 1 is 0.906 bits per heavy atom. The maximum atomic E-state index is 12.8. The number of imide groups is 1. The van der Waals surface area contributed by atoms with Crippen LogP contribution in [0.4, 0.5) is 5.69 Å². The van der Waals surface area contributed by atoms with Gasteiger partial charge in [0.1, 0.15) is 5.75 Å². The Morgan fingerprint density at radius 2 is 1.53 bits per heavy atom. The highest BCUT2D eigenvalue weighted by atomic mass is 16.5. The van der Waals surface area contributed by atoms with E-state index in [2.05, 4.69) is 6.92 Å². The Bertz CT molecular complexity index is 1040. The molecule has 32 heavy (non-hydrogen) atoms. The van der Waals surface area contributed by atoms with Crippen molar-refractivity contribution in [3.8, 4) is 5.75 Å². The molecule has 2 fully saturated rings. The Balaban J connectivity index is 1.39. The summed E-state index contributed by atoms with van der Waals surface area (Å²) in [6, 6.07) is 12.7. The van der Waals surface area contributed by atoms with Crippen LogP contribution in [0.25, 0.3) is 0 Å². The molecule has 1 aliphatic carbocycles. The molecule has 0 radical (unpaired) electrons. The largest absolute Gasteiger partial charge is 0.497 e. The number of carbonyl (C=O) groups is 4. The van der Waals surface area contributed by atoms with Gasteiger partial charge in [-0.3, -0.25) is 19.3 Å². The molecule has 1 saturated carbocycles. The van der Waals surface area contributed by atoms with Crippen LogP contribution in [0.15, 0.2) is 48.5 Å². The molecule has 2 aromatic carbocycles. The van der Waals surface area contributed by atoms with E-state index >= 15 is 0 Å². The molecule has 1 heterocycles. The smallest absolute Gasteiger partial charge is 0.338 e. The Kier molecular flexibility index (Phi) is 6.08. The van der Waals surface area contributed by atoms with E-state index in [-0.39, 0.29) is 35.0 Å². The number of esters is 1. The molecule has 2 aliphatic rings. The number of ketones is 1. The number of Topliss-reactive ketones (excluding diaryl/α,β-unsaturated/α-hetero) is 1. The number of methoxy groups -OCH3 is 1. The summed E-state index contributed by atoms with van der Waals surface area (Å²) in [6.45, 7) is 1.72. The Labute approximate surface area is 186 Å². The minimum absolute atomic E-state index is 0.160. The zero-order valence-electron chi connectivity index (χ0n) is 18.1. The van der Waals surface area contributed by atoms with E-state index in [1.165, 1.54) is 24.1 Å². The lowest BCUT2D eigenvalue weighted by Crippen LogP contribution is -2.30. The summed E-state index contributed by atoms with van der Waals surface area (Å²) in [6.07, 6.45) is 2.42. The number of benzene rings is 2. The van der Waals surface area contributed by atoms with Gasteiger partial charge in [0.05, 0.1) is 30.2 Å². The van der Waals surface area contributed by atoms with Gasteiger partial charge in [0.15, 0.2) is 12.4 Å². The minimum Gasteiger partial charge on any atom is -0.497 e. The van der Waals surface area contributed by atoms with Gasteiger partial charge in [-0.1, -0.05) is 6.92 Å². The fourth-order valence-corrected chi connectivity index (χ4v) is 4.47. The first-order chi connectivity index (χ1) is 15.4. The summed E-state index contributed by atoms with van der Waals surface area (Å²) in [4.78, 5) is 51.4. The highest BCUT2D eigenvalue weighted by molar-refractivity contribution is 6.22. The van der Waals surface area contributed by atoms with Crippen molar-refractivity contribution in [2.45, 2.75) is 26.2 Å². The SMILES string of the molecule is COc1ccc(C(=O)COC(=O)c2ccc(N3C(=O)[C@H]4CC[C@@H](C)C[C@H]4C3=O)cc2)cc1. The third kappa shape index (κ3) is 4.15. The zero-order chi connectivity index (χ0) is 22.8. The topological polar surface area (TPSA) is 90.0 Å². The summed E-state index contributed by atoms with van der Waals surface area (Å²) in [7, 11) is 1.53. The molecule has 166 valence electrons. The number of anilines is 1. The third-order valence-corrected chi connectivity index (χ3v) is 6.30. The standard InChI is InChI=1S/C25H25NO6/c1-15-3-12-20-21(13-15)24(29)26(23(20)28)18-8-4-17(5-9-18)25(30)32-14-22(27)16-6-10-19(31-2)11-7-16/h4-11,15,20-21H,3,12-14H2,1-2H3/t15-,20+,21-/m1/s1. The number of rotatable bonds is 6. The van der Waals surface area contributed by atoms with Crippen molar-refractivity contribution >= 4 is 29.3 Å². The molecule has 0 spiro atoms. The molecule has 0 N–H and O–H groups in total. The first kappa shape index (κ1) is 21.7. The minimum atomic E-state index is -0.653. The van der Waals surface area contributed by atoms with Crippen LogP contribution < -0.4 is 9.64 Å². The summed E-state index contributed by atoms with van der Waals surface area (Å²) < 4.78 is 10.2. The van der Waals surface area contributed by atoms with Gasteiger partial charge in [0, 0.05) is 5.56 Å². The number of amides is 2. The van der Waals surface area contributed by atoms with Crippen molar-refractivity contribution in [2.24, 2.45) is 17.8 Å². The average Bonchev–Trinajstić information content (AvgIpc) is 3.06. The lowest BCUT2D eigenvalue weighted by atomic mass is 9.76. The average molecular weight is 435 g/mol. The molecule has 2 aromatic rings. The summed E-state index contributed by atoms with van der Waals surface area (Å²) >= 11 is 0. The van der Waals surface area contributed by atoms with Gasteiger partial charge in [-0.05, 0) is 73.7 Å². The first-order valence-corrected chi connectivity index (χ1v) is 10.7. The van der Waals surface area contributed by atoms with Gasteiger partial charge < -0.3 is 9.47 Å². The number of nitrogens with zero attached hydrogens (tertiary/aromatic N) is 1. The molecule has 4 rings (SSSR count). The third-order valence-electron chi connectivity index (χ3n) is 6.30. The van der Waals surface area contributed by atoms with Crippen LogP contribution in [0.3, 0.4) is 0 Å². The molecule has 0 aromatic heterocycles. The fraction of sp³-hybridized carbons (Fsp3) is 0.360. The molecular formula is C25H25NO6. The highest BCUT2D eigenvalue weighted by Crippen LogP contribution is 2.42. The monoisotopic (exact) mass is 435 g/mol. The predicted octanol–water partition coefficient (Wildman–Crippen LogP) is 3.66. The number of fused-ring (bicyclic) bond motifs is 1. The van der Waals surface area contributed by atoms with Crippen LogP contribution in [-0.4, -0.2) is 37.3 Å². The molecule has 0 bridgehead atoms. The van der Waals surface area contributed by atoms with Crippen molar-refractivity contribution in [1.82, 2.24) is 0 Å². The van der Waals surface area contributed by atoms with Crippen molar-refractivity contribution in [3.05, 3.63) is 59.7 Å². The Morgan fingerprint density at radius 3 is 2.19 bits per heavy atom. The van der Waals surface area contributed by atoms with Gasteiger partial charge in [-0.25, -0.2) is 4.79 Å². The molecule has 7 nitrogen and oxygen atoms in total. The van der Waals surface area contributed by atoms with Crippen LogP contribution in [0, 0.1) is 17.8 Å². The van der Waals surface area contributed by atoms with Gasteiger partial charge in [0.25, 0.3) is 0 Å². The number of hydrogen-bond acceptors (Lipinski definition) is 6. The van der Waals surface area contributed by atoms with Gasteiger partial charge >= 0.3 is 5.97 Å². The van der Waals surface area contributed by atoms with Crippen molar-refractivity contribution in [3.63, 3.8) is 0 Å². The molecule has 2 amide bonds. The van der Waals surface area contributed by atoms with Crippen LogP contribution in [0.5, 0.6) is 5.75 Å². The maximum absolute atomic E-state index is 12.8. The lowest BCUT2D eigenvalue weighted by molar-refractivity contribution is -0.122. The fourth-order valence-electron chi connectivity index (χ4n) is 4.47. The van der Waals surface area contributed by atoms with E-state index < -0.39 is 12.6 Å². The molecular weight excluding hydrogens is 410 g/mol. The van der Waals surface area contributed by atoms with Crippen LogP contribution >= 0.6 is 0 Å². The van der Waals surface area contributed by atoms with E-state index in [0.29, 0.717) is 22.9 Å². The zero-order valence-corrected chi connectivity index (χ0v) is 18.1. The van der Waals surface area contributed by atoms with E-state index in [1.54, 1.807) is 36.4 Å². The molecule has 1 aliphatic heterocycles. The van der Waals surface area contributed by atoms with Crippen LogP contribution in [-0.2, 0) is 14.3 Å². The summed E-state index contributed by atoms with van der Waals surface area (Å²) in [5, 5.41) is 0. The predicted molar refractivity (Wildman–Crippen MR) is 117 cm³/mol. The maximum Gasteiger partial charge on any atom is 0.338 e. The van der Waals surface area contributed by atoms with E-state index in [0.717, 1.165) is 19.3 Å². The van der Waals surface area contributed by atoms with Gasteiger partial charge in [-0.2, -0.15) is 0 Å². The van der Waals surface area contributed by atoms with Gasteiger partial charge in [0.2, 0.25) is 11.8 Å². The summed E-state index contributed by atoms with van der Waals surface area (Å²) in [5.41, 5.74) is 1.10. The second-order valence-corrected chi connectivity index (χ2v) is 8.42. The van der Waals surface area contributed by atoms with E-state index in [1.807, 2.05) is 0 Å². The number of ether oxygens (including phenoxy) is 2. The van der Waals surface area contributed by atoms with Crippen LogP contribution in [0.1, 0.15) is 46.9 Å². The van der Waals surface area contributed by atoms with Crippen LogP contribution in [0.2, 0.25) is 0 Å². The highest BCUT2D eigenvalue weighted by Gasteiger charge is 2.49. The summed E-state index contributed by atoms with van der Waals surface area (Å²) in [5.74, 6) is -0.734. The van der Waals surface area contributed by atoms with Gasteiger partial charge in [-0.15, -0.1) is 0 Å². The molecule has 3 atom stereocenters. The quantitative estimate of drug-likeness (QED) is 0.391. The second-order valence-electron chi connectivity index (χ2n) is 8.42.